The number of hydrogen-bond acceptors (Lipinski definition) is 4. The normalized spacial score (nSPS) is 19.1. The number of thioether (sulfide) groups is 1. The minimum absolute atomic E-state index is 0.0399. The van der Waals surface area contributed by atoms with E-state index in [2.05, 4.69) is 5.32 Å². The lowest BCUT2D eigenvalue weighted by molar-refractivity contribution is -0.126. The molecule has 0 spiro atoms. The van der Waals surface area contributed by atoms with E-state index in [0.29, 0.717) is 12.2 Å². The summed E-state index contributed by atoms with van der Waals surface area (Å²) >= 11 is 1.27. The average molecular weight is 251 g/mol. The topological polar surface area (TPSA) is 55.4 Å². The van der Waals surface area contributed by atoms with Gasteiger partial charge in [0, 0.05) is 5.75 Å². The first-order valence-corrected chi connectivity index (χ1v) is 6.38. The van der Waals surface area contributed by atoms with Crippen LogP contribution in [0.25, 0.3) is 0 Å². The molecule has 4 nitrogen and oxygen atoms in total. The van der Waals surface area contributed by atoms with Gasteiger partial charge in [-0.2, -0.15) is 0 Å². The van der Waals surface area contributed by atoms with Gasteiger partial charge in [-0.05, 0) is 18.6 Å². The molecule has 2 rings (SSSR count). The minimum atomic E-state index is -0.341. The molecule has 0 bridgehead atoms. The molecule has 1 aromatic carbocycles. The van der Waals surface area contributed by atoms with Gasteiger partial charge in [-0.15, -0.1) is 0 Å². The molecule has 1 fully saturated rings. The Hall–Kier alpha value is -1.49. The Morgan fingerprint density at radius 2 is 2.18 bits per heavy atom. The number of benzene rings is 1. The summed E-state index contributed by atoms with van der Waals surface area (Å²) in [6.45, 7) is -0.0571. The summed E-state index contributed by atoms with van der Waals surface area (Å²) in [5, 5.41) is 2.70. The second-order valence-electron chi connectivity index (χ2n) is 3.68. The predicted octanol–water partition coefficient (Wildman–Crippen LogP) is 1.21. The SMILES string of the molecule is O=C(COc1ccccc1)N[C@H]1CCSC1=O. The molecule has 1 N–H and O–H groups in total. The van der Waals surface area contributed by atoms with Crippen molar-refractivity contribution in [2.75, 3.05) is 12.4 Å². The fraction of sp³-hybridized carbons (Fsp3) is 0.333. The Morgan fingerprint density at radius 3 is 2.82 bits per heavy atom. The third kappa shape index (κ3) is 3.49. The van der Waals surface area contributed by atoms with Gasteiger partial charge in [0.25, 0.3) is 5.91 Å². The third-order valence-corrected chi connectivity index (χ3v) is 3.39. The van der Waals surface area contributed by atoms with Crippen molar-refractivity contribution in [2.45, 2.75) is 12.5 Å². The van der Waals surface area contributed by atoms with Gasteiger partial charge >= 0.3 is 0 Å². The quantitative estimate of drug-likeness (QED) is 0.874. The van der Waals surface area contributed by atoms with Crippen LogP contribution in [0, 0.1) is 0 Å². The number of ether oxygens (including phenoxy) is 1. The van der Waals surface area contributed by atoms with Crippen LogP contribution in [0.2, 0.25) is 0 Å². The molecule has 5 heteroatoms. The van der Waals surface area contributed by atoms with Gasteiger partial charge in [0.2, 0.25) is 5.12 Å². The zero-order chi connectivity index (χ0) is 12.1. The van der Waals surface area contributed by atoms with Crippen molar-refractivity contribution in [1.82, 2.24) is 5.32 Å². The zero-order valence-corrected chi connectivity index (χ0v) is 10.0. The van der Waals surface area contributed by atoms with E-state index in [0.717, 1.165) is 5.75 Å². The van der Waals surface area contributed by atoms with Crippen molar-refractivity contribution < 1.29 is 14.3 Å². The van der Waals surface area contributed by atoms with Gasteiger partial charge in [-0.3, -0.25) is 9.59 Å². The number of nitrogens with one attached hydrogen (secondary N) is 1. The predicted molar refractivity (Wildman–Crippen MR) is 65.9 cm³/mol. The van der Waals surface area contributed by atoms with Crippen LogP contribution < -0.4 is 10.1 Å². The highest BCUT2D eigenvalue weighted by atomic mass is 32.2. The van der Waals surface area contributed by atoms with E-state index in [1.165, 1.54) is 11.8 Å². The van der Waals surface area contributed by atoms with Crippen molar-refractivity contribution in [3.05, 3.63) is 30.3 Å². The van der Waals surface area contributed by atoms with Crippen molar-refractivity contribution in [3.63, 3.8) is 0 Å². The van der Waals surface area contributed by atoms with E-state index in [4.69, 9.17) is 4.74 Å². The second kappa shape index (κ2) is 5.72. The first-order valence-electron chi connectivity index (χ1n) is 5.39. The highest BCUT2D eigenvalue weighted by molar-refractivity contribution is 8.14. The molecule has 0 aliphatic carbocycles. The van der Waals surface area contributed by atoms with Crippen LogP contribution in [0.1, 0.15) is 6.42 Å². The molecule has 90 valence electrons. The molecular formula is C12H13NO3S. The lowest BCUT2D eigenvalue weighted by atomic mass is 10.2. The minimum Gasteiger partial charge on any atom is -0.484 e. The van der Waals surface area contributed by atoms with Crippen molar-refractivity contribution in [1.29, 1.82) is 0 Å². The van der Waals surface area contributed by atoms with E-state index >= 15 is 0 Å². The maximum atomic E-state index is 11.5. The monoisotopic (exact) mass is 251 g/mol. The van der Waals surface area contributed by atoms with Gasteiger partial charge in [0.15, 0.2) is 6.61 Å². The smallest absolute Gasteiger partial charge is 0.258 e. The van der Waals surface area contributed by atoms with E-state index in [9.17, 15) is 9.59 Å². The number of para-hydroxylation sites is 1. The molecule has 0 saturated carbocycles. The van der Waals surface area contributed by atoms with Crippen LogP contribution in [-0.4, -0.2) is 29.4 Å². The highest BCUT2D eigenvalue weighted by Gasteiger charge is 2.26. The summed E-state index contributed by atoms with van der Waals surface area (Å²) < 4.78 is 5.28. The molecule has 1 saturated heterocycles. The van der Waals surface area contributed by atoms with Gasteiger partial charge in [-0.25, -0.2) is 0 Å². The zero-order valence-electron chi connectivity index (χ0n) is 9.22. The van der Waals surface area contributed by atoms with Crippen molar-refractivity contribution >= 4 is 22.8 Å². The van der Waals surface area contributed by atoms with Crippen LogP contribution in [0.4, 0.5) is 0 Å². The summed E-state index contributed by atoms with van der Waals surface area (Å²) in [5.41, 5.74) is 0. The summed E-state index contributed by atoms with van der Waals surface area (Å²) in [5.74, 6) is 1.17. The van der Waals surface area contributed by atoms with Gasteiger partial charge in [0.05, 0.1) is 6.04 Å². The molecule has 1 atom stereocenters. The Morgan fingerprint density at radius 1 is 1.41 bits per heavy atom. The second-order valence-corrected chi connectivity index (χ2v) is 4.78. The Balaban J connectivity index is 1.76. The van der Waals surface area contributed by atoms with Gasteiger partial charge in [0.1, 0.15) is 5.75 Å². The van der Waals surface area contributed by atoms with E-state index in [1.54, 1.807) is 12.1 Å². The highest BCUT2D eigenvalue weighted by Crippen LogP contribution is 2.19. The fourth-order valence-corrected chi connectivity index (χ4v) is 2.46. The first-order chi connectivity index (χ1) is 8.25. The van der Waals surface area contributed by atoms with Crippen molar-refractivity contribution in [3.8, 4) is 5.75 Å². The number of hydrogen-bond donors (Lipinski definition) is 1. The molecule has 1 aromatic rings. The summed E-state index contributed by atoms with van der Waals surface area (Å²) in [6, 6.07) is 8.77. The molecule has 1 aliphatic rings. The maximum Gasteiger partial charge on any atom is 0.258 e. The standard InChI is InChI=1S/C12H13NO3S/c14-11(13-10-6-7-17-12(10)15)8-16-9-4-2-1-3-5-9/h1-5,10H,6-8H2,(H,13,14)/t10-/m0/s1. The van der Waals surface area contributed by atoms with Crippen LogP contribution in [0.5, 0.6) is 5.75 Å². The van der Waals surface area contributed by atoms with Gasteiger partial charge < -0.3 is 10.1 Å². The molecular weight excluding hydrogens is 238 g/mol. The number of rotatable bonds is 4. The fourth-order valence-electron chi connectivity index (χ4n) is 1.53. The van der Waals surface area contributed by atoms with E-state index in [-0.39, 0.29) is 23.7 Å². The number of amides is 1. The van der Waals surface area contributed by atoms with Gasteiger partial charge in [-0.1, -0.05) is 30.0 Å². The third-order valence-electron chi connectivity index (χ3n) is 2.38. The Labute approximate surface area is 104 Å². The molecule has 0 radical (unpaired) electrons. The van der Waals surface area contributed by atoms with Crippen molar-refractivity contribution in [2.24, 2.45) is 0 Å². The lowest BCUT2D eigenvalue weighted by Gasteiger charge is -2.10. The van der Waals surface area contributed by atoms with E-state index in [1.807, 2.05) is 18.2 Å². The van der Waals surface area contributed by atoms with Crippen LogP contribution in [0.15, 0.2) is 30.3 Å². The molecule has 17 heavy (non-hydrogen) atoms. The molecule has 0 aromatic heterocycles. The lowest BCUT2D eigenvalue weighted by Crippen LogP contribution is -2.39. The molecule has 1 heterocycles. The summed E-state index contributed by atoms with van der Waals surface area (Å²) in [7, 11) is 0. The van der Waals surface area contributed by atoms with Crippen LogP contribution >= 0.6 is 11.8 Å². The first kappa shape index (κ1) is 12.0. The molecule has 0 unspecified atom stereocenters. The largest absolute Gasteiger partial charge is 0.484 e. The average Bonchev–Trinajstić information content (AvgIpc) is 2.74. The number of carbonyl (C=O) groups excluding carboxylic acids is 2. The number of carbonyl (C=O) groups is 2. The Kier molecular flexibility index (Phi) is 4.03. The van der Waals surface area contributed by atoms with Crippen LogP contribution in [-0.2, 0) is 9.59 Å². The van der Waals surface area contributed by atoms with Crippen LogP contribution in [0.3, 0.4) is 0 Å². The summed E-state index contributed by atoms with van der Waals surface area (Å²) in [4.78, 5) is 22.8. The van der Waals surface area contributed by atoms with E-state index < -0.39 is 0 Å². The maximum absolute atomic E-state index is 11.5. The molecule has 1 aliphatic heterocycles. The summed E-state index contributed by atoms with van der Waals surface area (Å²) in [6.07, 6.45) is 0.709. The molecule has 1 amide bonds. The Bertz CT molecular complexity index is 407.